The van der Waals surface area contributed by atoms with Crippen molar-refractivity contribution in [3.8, 4) is 10.4 Å². The van der Waals surface area contributed by atoms with Crippen LogP contribution >= 0.6 is 11.3 Å². The number of hydrogen-bond donors (Lipinski definition) is 1. The highest BCUT2D eigenvalue weighted by Gasteiger charge is 2.05. The molecule has 0 fully saturated rings. The monoisotopic (exact) mass is 326 g/mol. The van der Waals surface area contributed by atoms with Gasteiger partial charge >= 0.3 is 0 Å². The van der Waals surface area contributed by atoms with Crippen molar-refractivity contribution in [2.24, 2.45) is 0 Å². The molecule has 3 aromatic rings. The molecule has 23 heavy (non-hydrogen) atoms. The van der Waals surface area contributed by atoms with E-state index in [2.05, 4.69) is 41.5 Å². The Bertz CT molecular complexity index is 765. The van der Waals surface area contributed by atoms with E-state index < -0.39 is 0 Å². The maximum absolute atomic E-state index is 13.5. The molecule has 1 N–H and O–H groups in total. The standard InChI is InChI=1S/C19H19FN2S/c1-14-6-8-16(9-7-14)18-12-22-19(23-18)13-21-11-10-15-4-2-3-5-17(15)20/h2-9,12,21H,10-11,13H2,1H3. The minimum Gasteiger partial charge on any atom is -0.310 e. The summed E-state index contributed by atoms with van der Waals surface area (Å²) in [6, 6.07) is 15.4. The molecule has 0 saturated heterocycles. The SMILES string of the molecule is Cc1ccc(-c2cnc(CNCCc3ccccc3F)s2)cc1. The number of thiazole rings is 1. The maximum atomic E-state index is 13.5. The van der Waals surface area contributed by atoms with E-state index in [1.54, 1.807) is 17.4 Å². The van der Waals surface area contributed by atoms with Gasteiger partial charge in [-0.2, -0.15) is 0 Å². The largest absolute Gasteiger partial charge is 0.310 e. The van der Waals surface area contributed by atoms with E-state index in [1.807, 2.05) is 18.3 Å². The Morgan fingerprint density at radius 2 is 1.87 bits per heavy atom. The Morgan fingerprint density at radius 3 is 2.65 bits per heavy atom. The van der Waals surface area contributed by atoms with Gasteiger partial charge in [0, 0.05) is 12.7 Å². The lowest BCUT2D eigenvalue weighted by Crippen LogP contribution is -2.16. The summed E-state index contributed by atoms with van der Waals surface area (Å²) < 4.78 is 13.5. The lowest BCUT2D eigenvalue weighted by atomic mass is 10.1. The van der Waals surface area contributed by atoms with Crippen LogP contribution in [0.25, 0.3) is 10.4 Å². The van der Waals surface area contributed by atoms with Crippen LogP contribution in [0.3, 0.4) is 0 Å². The van der Waals surface area contributed by atoms with Gasteiger partial charge in [0.05, 0.1) is 4.88 Å². The van der Waals surface area contributed by atoms with Gasteiger partial charge in [0.15, 0.2) is 0 Å². The topological polar surface area (TPSA) is 24.9 Å². The third-order valence-electron chi connectivity index (χ3n) is 3.69. The zero-order chi connectivity index (χ0) is 16.1. The summed E-state index contributed by atoms with van der Waals surface area (Å²) in [5.41, 5.74) is 3.21. The van der Waals surface area contributed by atoms with Crippen molar-refractivity contribution in [1.29, 1.82) is 0 Å². The molecule has 118 valence electrons. The molecule has 0 spiro atoms. The van der Waals surface area contributed by atoms with Gasteiger partial charge in [0.25, 0.3) is 0 Å². The summed E-state index contributed by atoms with van der Waals surface area (Å²) >= 11 is 1.69. The molecular formula is C19H19FN2S. The van der Waals surface area contributed by atoms with Gasteiger partial charge in [-0.05, 0) is 37.1 Å². The third kappa shape index (κ3) is 4.24. The first-order valence-electron chi connectivity index (χ1n) is 7.68. The molecule has 2 nitrogen and oxygen atoms in total. The lowest BCUT2D eigenvalue weighted by Gasteiger charge is -2.04. The maximum Gasteiger partial charge on any atom is 0.126 e. The predicted octanol–water partition coefficient (Wildman–Crippen LogP) is 4.59. The van der Waals surface area contributed by atoms with Gasteiger partial charge < -0.3 is 5.32 Å². The molecule has 1 aromatic heterocycles. The Kier molecular flexibility index (Phi) is 5.16. The molecule has 3 rings (SSSR count). The molecule has 0 aliphatic heterocycles. The molecule has 0 aliphatic rings. The normalized spacial score (nSPS) is 10.9. The first-order chi connectivity index (χ1) is 11.2. The van der Waals surface area contributed by atoms with E-state index in [0.29, 0.717) is 13.0 Å². The number of nitrogens with zero attached hydrogens (tertiary/aromatic N) is 1. The Balaban J connectivity index is 1.52. The number of halogens is 1. The molecule has 0 amide bonds. The number of benzene rings is 2. The van der Waals surface area contributed by atoms with Crippen LogP contribution in [0.15, 0.2) is 54.7 Å². The van der Waals surface area contributed by atoms with Crippen molar-refractivity contribution >= 4 is 11.3 Å². The summed E-state index contributed by atoms with van der Waals surface area (Å²) in [5.74, 6) is -0.134. The fraction of sp³-hybridized carbons (Fsp3) is 0.211. The highest BCUT2D eigenvalue weighted by atomic mass is 32.1. The van der Waals surface area contributed by atoms with Gasteiger partial charge in [-0.15, -0.1) is 11.3 Å². The first-order valence-corrected chi connectivity index (χ1v) is 8.50. The smallest absolute Gasteiger partial charge is 0.126 e. The first kappa shape index (κ1) is 15.8. The number of aromatic nitrogens is 1. The average Bonchev–Trinajstić information content (AvgIpc) is 3.03. The van der Waals surface area contributed by atoms with Crippen LogP contribution in [0, 0.1) is 12.7 Å². The molecule has 4 heteroatoms. The van der Waals surface area contributed by atoms with Gasteiger partial charge in [-0.25, -0.2) is 9.37 Å². The van der Waals surface area contributed by atoms with Crippen molar-refractivity contribution < 1.29 is 4.39 Å². The fourth-order valence-electron chi connectivity index (χ4n) is 2.36. The second-order valence-electron chi connectivity index (χ2n) is 5.50. The number of aryl methyl sites for hydroxylation is 1. The van der Waals surface area contributed by atoms with Crippen LogP contribution in [0.1, 0.15) is 16.1 Å². The fourth-order valence-corrected chi connectivity index (χ4v) is 3.26. The minimum absolute atomic E-state index is 0.134. The van der Waals surface area contributed by atoms with Crippen LogP contribution in [0.4, 0.5) is 4.39 Å². The number of rotatable bonds is 6. The van der Waals surface area contributed by atoms with Gasteiger partial charge in [-0.3, -0.25) is 0 Å². The summed E-state index contributed by atoms with van der Waals surface area (Å²) in [4.78, 5) is 5.64. The van der Waals surface area contributed by atoms with E-state index in [9.17, 15) is 4.39 Å². The Labute approximate surface area is 140 Å². The van der Waals surface area contributed by atoms with Gasteiger partial charge in [0.2, 0.25) is 0 Å². The Hall–Kier alpha value is -2.04. The summed E-state index contributed by atoms with van der Waals surface area (Å²) in [6.07, 6.45) is 2.60. The quantitative estimate of drug-likeness (QED) is 0.670. The zero-order valence-electron chi connectivity index (χ0n) is 13.1. The molecule has 0 radical (unpaired) electrons. The highest BCUT2D eigenvalue weighted by Crippen LogP contribution is 2.26. The average molecular weight is 326 g/mol. The molecule has 2 aromatic carbocycles. The zero-order valence-corrected chi connectivity index (χ0v) is 13.9. The van der Waals surface area contributed by atoms with Crippen LogP contribution in [-0.2, 0) is 13.0 Å². The van der Waals surface area contributed by atoms with E-state index in [1.165, 1.54) is 22.1 Å². The van der Waals surface area contributed by atoms with Crippen LogP contribution < -0.4 is 5.32 Å². The molecule has 0 aliphatic carbocycles. The van der Waals surface area contributed by atoms with Crippen molar-refractivity contribution in [2.45, 2.75) is 19.9 Å². The van der Waals surface area contributed by atoms with Crippen molar-refractivity contribution in [1.82, 2.24) is 10.3 Å². The highest BCUT2D eigenvalue weighted by molar-refractivity contribution is 7.15. The Morgan fingerprint density at radius 1 is 1.09 bits per heavy atom. The van der Waals surface area contributed by atoms with Crippen LogP contribution in [-0.4, -0.2) is 11.5 Å². The molecular weight excluding hydrogens is 307 g/mol. The molecule has 0 atom stereocenters. The summed E-state index contributed by atoms with van der Waals surface area (Å²) in [5, 5.41) is 4.38. The molecule has 1 heterocycles. The van der Waals surface area contributed by atoms with E-state index in [-0.39, 0.29) is 5.82 Å². The van der Waals surface area contributed by atoms with Crippen LogP contribution in [0.2, 0.25) is 0 Å². The van der Waals surface area contributed by atoms with Crippen molar-refractivity contribution in [2.75, 3.05) is 6.54 Å². The van der Waals surface area contributed by atoms with E-state index >= 15 is 0 Å². The van der Waals surface area contributed by atoms with E-state index in [0.717, 1.165) is 17.1 Å². The lowest BCUT2D eigenvalue weighted by molar-refractivity contribution is 0.597. The second-order valence-corrected chi connectivity index (χ2v) is 6.62. The third-order valence-corrected chi connectivity index (χ3v) is 4.74. The summed E-state index contributed by atoms with van der Waals surface area (Å²) in [6.45, 7) is 3.53. The predicted molar refractivity (Wildman–Crippen MR) is 94.1 cm³/mol. The van der Waals surface area contributed by atoms with Gasteiger partial charge in [0.1, 0.15) is 10.8 Å². The minimum atomic E-state index is -0.134. The molecule has 0 saturated carbocycles. The second kappa shape index (κ2) is 7.49. The van der Waals surface area contributed by atoms with Gasteiger partial charge in [-0.1, -0.05) is 48.0 Å². The van der Waals surface area contributed by atoms with Crippen LogP contribution in [0.5, 0.6) is 0 Å². The van der Waals surface area contributed by atoms with Crippen molar-refractivity contribution in [3.05, 3.63) is 76.7 Å². The van der Waals surface area contributed by atoms with E-state index in [4.69, 9.17) is 0 Å². The summed E-state index contributed by atoms with van der Waals surface area (Å²) in [7, 11) is 0. The molecule has 0 unspecified atom stereocenters. The molecule has 0 bridgehead atoms. The van der Waals surface area contributed by atoms with Crippen molar-refractivity contribution in [3.63, 3.8) is 0 Å². The number of hydrogen-bond acceptors (Lipinski definition) is 3. The number of nitrogens with one attached hydrogen (secondary N) is 1.